The molecule has 0 aromatic heterocycles. The van der Waals surface area contributed by atoms with E-state index in [4.69, 9.17) is 16.3 Å². The molecule has 0 amide bonds. The van der Waals surface area contributed by atoms with Crippen molar-refractivity contribution in [2.75, 3.05) is 0 Å². The van der Waals surface area contributed by atoms with Gasteiger partial charge in [0.25, 0.3) is 0 Å². The molecular formula is C16H21ClO3. The standard InChI is InChI=1S/C16H21ClO3/c1-10-6-12(9-16(2,3)8-10)20-14-7-11(17)4-5-13(14)15(18)19/h4-5,7,10,12H,6,8-9H2,1-3H3,(H,18,19). The predicted molar refractivity (Wildman–Crippen MR) is 79.6 cm³/mol. The molecule has 1 N–H and O–H groups in total. The Bertz CT molecular complexity index is 510. The van der Waals surface area contributed by atoms with E-state index in [0.717, 1.165) is 12.8 Å². The highest BCUT2D eigenvalue weighted by atomic mass is 35.5. The lowest BCUT2D eigenvalue weighted by Crippen LogP contribution is -2.34. The van der Waals surface area contributed by atoms with E-state index >= 15 is 0 Å². The zero-order valence-electron chi connectivity index (χ0n) is 12.1. The molecule has 110 valence electrons. The van der Waals surface area contributed by atoms with Crippen LogP contribution in [0.5, 0.6) is 5.75 Å². The predicted octanol–water partition coefficient (Wildman–Crippen LogP) is 4.63. The summed E-state index contributed by atoms with van der Waals surface area (Å²) in [6.45, 7) is 6.68. The van der Waals surface area contributed by atoms with Gasteiger partial charge in [-0.25, -0.2) is 4.79 Å². The summed E-state index contributed by atoms with van der Waals surface area (Å²) in [5, 5.41) is 9.71. The minimum Gasteiger partial charge on any atom is -0.489 e. The van der Waals surface area contributed by atoms with E-state index in [1.807, 2.05) is 0 Å². The van der Waals surface area contributed by atoms with Gasteiger partial charge in [0.2, 0.25) is 0 Å². The molecule has 4 heteroatoms. The molecular weight excluding hydrogens is 276 g/mol. The van der Waals surface area contributed by atoms with Crippen LogP contribution < -0.4 is 4.74 Å². The van der Waals surface area contributed by atoms with Crippen LogP contribution in [0.3, 0.4) is 0 Å². The van der Waals surface area contributed by atoms with Gasteiger partial charge in [-0.05, 0) is 48.8 Å². The fourth-order valence-corrected chi connectivity index (χ4v) is 3.46. The number of hydrogen-bond acceptors (Lipinski definition) is 2. The van der Waals surface area contributed by atoms with Crippen molar-refractivity contribution >= 4 is 17.6 Å². The fourth-order valence-electron chi connectivity index (χ4n) is 3.30. The molecule has 1 fully saturated rings. The highest BCUT2D eigenvalue weighted by molar-refractivity contribution is 6.30. The van der Waals surface area contributed by atoms with Crippen molar-refractivity contribution in [3.63, 3.8) is 0 Å². The smallest absolute Gasteiger partial charge is 0.339 e. The Balaban J connectivity index is 2.21. The molecule has 0 spiro atoms. The summed E-state index contributed by atoms with van der Waals surface area (Å²) in [6, 6.07) is 4.67. The maximum atomic E-state index is 11.2. The van der Waals surface area contributed by atoms with Crippen molar-refractivity contribution in [1.29, 1.82) is 0 Å². The summed E-state index contributed by atoms with van der Waals surface area (Å²) in [5.74, 6) is -0.0316. The number of benzene rings is 1. The Morgan fingerprint density at radius 3 is 2.70 bits per heavy atom. The number of aromatic carboxylic acids is 1. The lowest BCUT2D eigenvalue weighted by molar-refractivity contribution is 0.0532. The number of hydrogen-bond donors (Lipinski definition) is 1. The SMILES string of the molecule is CC1CC(Oc2cc(Cl)ccc2C(=O)O)CC(C)(C)C1. The van der Waals surface area contributed by atoms with Crippen LogP contribution in [-0.4, -0.2) is 17.2 Å². The first-order valence-electron chi connectivity index (χ1n) is 6.96. The average Bonchev–Trinajstić information content (AvgIpc) is 2.25. The summed E-state index contributed by atoms with van der Waals surface area (Å²) in [5.41, 5.74) is 0.398. The van der Waals surface area contributed by atoms with Crippen LogP contribution in [-0.2, 0) is 0 Å². The summed E-state index contributed by atoms with van der Waals surface area (Å²) in [4.78, 5) is 11.2. The van der Waals surface area contributed by atoms with Gasteiger partial charge in [-0.2, -0.15) is 0 Å². The Labute approximate surface area is 124 Å². The van der Waals surface area contributed by atoms with Gasteiger partial charge in [-0.3, -0.25) is 0 Å². The number of carbonyl (C=O) groups is 1. The van der Waals surface area contributed by atoms with E-state index in [-0.39, 0.29) is 17.1 Å². The molecule has 1 aromatic carbocycles. The van der Waals surface area contributed by atoms with Crippen LogP contribution in [0.25, 0.3) is 0 Å². The minimum absolute atomic E-state index is 0.0466. The van der Waals surface area contributed by atoms with Crippen LogP contribution in [0.15, 0.2) is 18.2 Å². The van der Waals surface area contributed by atoms with Gasteiger partial charge >= 0.3 is 5.97 Å². The number of carboxylic acid groups (broad SMARTS) is 1. The zero-order chi connectivity index (χ0) is 14.9. The molecule has 2 atom stereocenters. The molecule has 2 unspecified atom stereocenters. The van der Waals surface area contributed by atoms with E-state index in [1.54, 1.807) is 12.1 Å². The first-order valence-corrected chi connectivity index (χ1v) is 7.34. The Hall–Kier alpha value is -1.22. The van der Waals surface area contributed by atoms with Crippen LogP contribution >= 0.6 is 11.6 Å². The van der Waals surface area contributed by atoms with Crippen molar-refractivity contribution in [2.24, 2.45) is 11.3 Å². The molecule has 0 heterocycles. The largest absolute Gasteiger partial charge is 0.489 e. The van der Waals surface area contributed by atoms with Crippen molar-refractivity contribution < 1.29 is 14.6 Å². The van der Waals surface area contributed by atoms with Crippen LogP contribution in [0, 0.1) is 11.3 Å². The molecule has 1 aromatic rings. The van der Waals surface area contributed by atoms with Crippen LogP contribution in [0.1, 0.15) is 50.4 Å². The second kappa shape index (κ2) is 5.65. The minimum atomic E-state index is -0.986. The Kier molecular flexibility index (Phi) is 4.28. The molecule has 1 saturated carbocycles. The van der Waals surface area contributed by atoms with Gasteiger partial charge < -0.3 is 9.84 Å². The second-order valence-corrected chi connectivity index (χ2v) is 7.04. The van der Waals surface area contributed by atoms with E-state index in [0.29, 0.717) is 16.7 Å². The van der Waals surface area contributed by atoms with Crippen molar-refractivity contribution in [2.45, 2.75) is 46.1 Å². The highest BCUT2D eigenvalue weighted by Gasteiger charge is 2.33. The summed E-state index contributed by atoms with van der Waals surface area (Å²) in [7, 11) is 0. The van der Waals surface area contributed by atoms with Crippen LogP contribution in [0.4, 0.5) is 0 Å². The van der Waals surface area contributed by atoms with Crippen LogP contribution in [0.2, 0.25) is 5.02 Å². The third-order valence-corrected chi connectivity index (χ3v) is 4.05. The first kappa shape index (κ1) is 15.2. The third-order valence-electron chi connectivity index (χ3n) is 3.81. The summed E-state index contributed by atoms with van der Waals surface area (Å²) >= 11 is 5.95. The molecule has 1 aliphatic carbocycles. The lowest BCUT2D eigenvalue weighted by Gasteiger charge is -2.39. The summed E-state index contributed by atoms with van der Waals surface area (Å²) in [6.07, 6.45) is 3.11. The van der Waals surface area contributed by atoms with E-state index < -0.39 is 5.97 Å². The molecule has 1 aliphatic rings. The highest BCUT2D eigenvalue weighted by Crippen LogP contribution is 2.40. The number of carboxylic acids is 1. The lowest BCUT2D eigenvalue weighted by atomic mass is 9.71. The van der Waals surface area contributed by atoms with E-state index in [9.17, 15) is 9.90 Å². The van der Waals surface area contributed by atoms with Gasteiger partial charge in [0.05, 0.1) is 6.10 Å². The number of rotatable bonds is 3. The van der Waals surface area contributed by atoms with Crippen molar-refractivity contribution in [3.8, 4) is 5.75 Å². The van der Waals surface area contributed by atoms with Gasteiger partial charge in [0.1, 0.15) is 11.3 Å². The first-order chi connectivity index (χ1) is 9.27. The zero-order valence-corrected chi connectivity index (χ0v) is 12.9. The Morgan fingerprint density at radius 1 is 1.40 bits per heavy atom. The molecule has 20 heavy (non-hydrogen) atoms. The fraction of sp³-hybridized carbons (Fsp3) is 0.562. The molecule has 0 saturated heterocycles. The molecule has 0 bridgehead atoms. The number of ether oxygens (including phenoxy) is 1. The molecule has 0 radical (unpaired) electrons. The molecule has 0 aliphatic heterocycles. The van der Waals surface area contributed by atoms with Gasteiger partial charge in [0, 0.05) is 5.02 Å². The molecule has 3 nitrogen and oxygen atoms in total. The second-order valence-electron chi connectivity index (χ2n) is 6.60. The quantitative estimate of drug-likeness (QED) is 0.884. The normalized spacial score (nSPS) is 25.2. The Morgan fingerprint density at radius 2 is 2.10 bits per heavy atom. The van der Waals surface area contributed by atoms with Gasteiger partial charge in [0.15, 0.2) is 0 Å². The average molecular weight is 297 g/mol. The van der Waals surface area contributed by atoms with E-state index in [2.05, 4.69) is 20.8 Å². The maximum absolute atomic E-state index is 11.2. The maximum Gasteiger partial charge on any atom is 0.339 e. The topological polar surface area (TPSA) is 46.5 Å². The van der Waals surface area contributed by atoms with Gasteiger partial charge in [-0.15, -0.1) is 0 Å². The summed E-state index contributed by atoms with van der Waals surface area (Å²) < 4.78 is 5.97. The van der Waals surface area contributed by atoms with Crippen molar-refractivity contribution in [3.05, 3.63) is 28.8 Å². The third kappa shape index (κ3) is 3.66. The number of halogens is 1. The van der Waals surface area contributed by atoms with E-state index in [1.165, 1.54) is 12.5 Å². The molecule has 2 rings (SSSR count). The monoisotopic (exact) mass is 296 g/mol. The van der Waals surface area contributed by atoms with Crippen molar-refractivity contribution in [1.82, 2.24) is 0 Å². The van der Waals surface area contributed by atoms with Gasteiger partial charge in [-0.1, -0.05) is 32.4 Å².